The van der Waals surface area contributed by atoms with Crippen LogP contribution in [0.3, 0.4) is 0 Å². The van der Waals surface area contributed by atoms with E-state index in [1.807, 2.05) is 24.6 Å². The molecule has 0 saturated heterocycles. The molecule has 1 unspecified atom stereocenters. The lowest BCUT2D eigenvalue weighted by molar-refractivity contribution is 0.514. The van der Waals surface area contributed by atoms with Crippen LogP contribution in [0.5, 0.6) is 0 Å². The predicted octanol–water partition coefficient (Wildman–Crippen LogP) is 4.27. The molecule has 2 rings (SSSR count). The highest BCUT2D eigenvalue weighted by Crippen LogP contribution is 2.31. The lowest BCUT2D eigenvalue weighted by atomic mass is 10.0. The van der Waals surface area contributed by atoms with Gasteiger partial charge in [-0.3, -0.25) is 4.68 Å². The molecule has 6 heteroatoms. The number of hydrogen-bond donors (Lipinski definition) is 1. The van der Waals surface area contributed by atoms with Crippen LogP contribution >= 0.6 is 31.9 Å². The number of hydrogen-bond acceptors (Lipinski definition) is 2. The summed E-state index contributed by atoms with van der Waals surface area (Å²) in [5.41, 5.74) is 1.54. The van der Waals surface area contributed by atoms with Crippen molar-refractivity contribution in [2.24, 2.45) is 0 Å². The van der Waals surface area contributed by atoms with Gasteiger partial charge in [-0.25, -0.2) is 4.39 Å². The molecule has 1 atom stereocenters. The Morgan fingerprint density at radius 2 is 2.10 bits per heavy atom. The van der Waals surface area contributed by atoms with Crippen LogP contribution in [0.4, 0.5) is 4.39 Å². The summed E-state index contributed by atoms with van der Waals surface area (Å²) >= 11 is 6.92. The topological polar surface area (TPSA) is 29.9 Å². The summed E-state index contributed by atoms with van der Waals surface area (Å²) in [6.45, 7) is 5.49. The van der Waals surface area contributed by atoms with Crippen molar-refractivity contribution in [1.82, 2.24) is 15.1 Å². The molecule has 0 saturated carbocycles. The molecule has 3 nitrogen and oxygen atoms in total. The van der Waals surface area contributed by atoms with Crippen molar-refractivity contribution in [2.75, 3.05) is 6.54 Å². The summed E-state index contributed by atoms with van der Waals surface area (Å²) in [6, 6.07) is 4.75. The molecule has 108 valence electrons. The van der Waals surface area contributed by atoms with Crippen molar-refractivity contribution >= 4 is 31.9 Å². The monoisotopic (exact) mass is 403 g/mol. The third-order valence-corrected chi connectivity index (χ3v) is 4.19. The maximum absolute atomic E-state index is 14.2. The third kappa shape index (κ3) is 3.13. The zero-order chi connectivity index (χ0) is 14.7. The summed E-state index contributed by atoms with van der Waals surface area (Å²) in [6.07, 6.45) is 1.75. The first-order chi connectivity index (χ1) is 9.58. The molecular formula is C14H16Br2FN3. The Kier molecular flexibility index (Phi) is 5.35. The van der Waals surface area contributed by atoms with Gasteiger partial charge in [0.25, 0.3) is 0 Å². The molecule has 0 aliphatic rings. The molecule has 0 amide bonds. The molecule has 2 aromatic rings. The highest BCUT2D eigenvalue weighted by molar-refractivity contribution is 9.10. The van der Waals surface area contributed by atoms with Gasteiger partial charge in [-0.1, -0.05) is 22.9 Å². The second kappa shape index (κ2) is 6.83. The van der Waals surface area contributed by atoms with Gasteiger partial charge in [-0.05, 0) is 47.6 Å². The van der Waals surface area contributed by atoms with Gasteiger partial charge in [0.2, 0.25) is 0 Å². The number of benzene rings is 1. The predicted molar refractivity (Wildman–Crippen MR) is 85.2 cm³/mol. The second-order valence-corrected chi connectivity index (χ2v) is 6.12. The highest BCUT2D eigenvalue weighted by atomic mass is 79.9. The molecule has 1 aromatic carbocycles. The number of aryl methyl sites for hydroxylation is 1. The van der Waals surface area contributed by atoms with Gasteiger partial charge in [0.05, 0.1) is 22.4 Å². The van der Waals surface area contributed by atoms with Crippen LogP contribution < -0.4 is 5.32 Å². The fourth-order valence-corrected chi connectivity index (χ4v) is 3.11. The molecular weight excluding hydrogens is 389 g/mol. The van der Waals surface area contributed by atoms with E-state index in [4.69, 9.17) is 0 Å². The maximum Gasteiger partial charge on any atom is 0.128 e. The molecule has 1 heterocycles. The van der Waals surface area contributed by atoms with E-state index in [2.05, 4.69) is 42.3 Å². The fourth-order valence-electron chi connectivity index (χ4n) is 2.20. The van der Waals surface area contributed by atoms with Crippen molar-refractivity contribution < 1.29 is 4.39 Å². The average molecular weight is 405 g/mol. The normalized spacial score (nSPS) is 12.7. The molecule has 1 N–H and O–H groups in total. The number of nitrogens with zero attached hydrogens (tertiary/aromatic N) is 2. The van der Waals surface area contributed by atoms with Crippen molar-refractivity contribution in [1.29, 1.82) is 0 Å². The zero-order valence-corrected chi connectivity index (χ0v) is 14.5. The molecule has 0 fully saturated rings. The number of halogens is 3. The molecule has 0 aliphatic heterocycles. The summed E-state index contributed by atoms with van der Waals surface area (Å²) in [5.74, 6) is -0.227. The summed E-state index contributed by atoms with van der Waals surface area (Å²) in [4.78, 5) is 0. The van der Waals surface area contributed by atoms with Crippen molar-refractivity contribution in [3.05, 3.63) is 50.4 Å². The van der Waals surface area contributed by atoms with Crippen molar-refractivity contribution in [2.45, 2.75) is 26.4 Å². The van der Waals surface area contributed by atoms with E-state index in [0.717, 1.165) is 27.7 Å². The lowest BCUT2D eigenvalue weighted by Crippen LogP contribution is -2.26. The molecule has 20 heavy (non-hydrogen) atoms. The van der Waals surface area contributed by atoms with Gasteiger partial charge >= 0.3 is 0 Å². The SMILES string of the molecule is CCNC(c1cc(Br)ccc1F)c1c(Br)cnn1CC. The van der Waals surface area contributed by atoms with Gasteiger partial charge in [0.15, 0.2) is 0 Å². The van der Waals surface area contributed by atoms with E-state index >= 15 is 0 Å². The number of rotatable bonds is 5. The van der Waals surface area contributed by atoms with E-state index in [1.165, 1.54) is 6.07 Å². The van der Waals surface area contributed by atoms with Gasteiger partial charge in [-0.2, -0.15) is 5.10 Å². The van der Waals surface area contributed by atoms with Gasteiger partial charge in [0.1, 0.15) is 5.82 Å². The van der Waals surface area contributed by atoms with Crippen LogP contribution in [0.15, 0.2) is 33.3 Å². The first kappa shape index (κ1) is 15.7. The van der Waals surface area contributed by atoms with Gasteiger partial charge in [-0.15, -0.1) is 0 Å². The third-order valence-electron chi connectivity index (χ3n) is 3.08. The lowest BCUT2D eigenvalue weighted by Gasteiger charge is -2.21. The van der Waals surface area contributed by atoms with Crippen LogP contribution in [0.1, 0.15) is 31.1 Å². The first-order valence-corrected chi connectivity index (χ1v) is 8.06. The second-order valence-electron chi connectivity index (χ2n) is 4.35. The number of nitrogens with one attached hydrogen (secondary N) is 1. The van der Waals surface area contributed by atoms with Gasteiger partial charge in [0, 0.05) is 16.6 Å². The largest absolute Gasteiger partial charge is 0.305 e. The molecule has 0 aliphatic carbocycles. The Balaban J connectivity index is 2.56. The smallest absolute Gasteiger partial charge is 0.128 e. The Labute approximate surface area is 134 Å². The standard InChI is InChI=1S/C14H16Br2FN3/c1-3-18-13(10-7-9(15)5-6-12(10)17)14-11(16)8-19-20(14)4-2/h5-8,13,18H,3-4H2,1-2H3. The van der Waals surface area contributed by atoms with E-state index in [-0.39, 0.29) is 11.9 Å². The maximum atomic E-state index is 14.2. The Morgan fingerprint density at radius 3 is 2.75 bits per heavy atom. The van der Waals surface area contributed by atoms with E-state index < -0.39 is 0 Å². The minimum atomic E-state index is -0.241. The summed E-state index contributed by atoms with van der Waals surface area (Å²) in [7, 11) is 0. The average Bonchev–Trinajstić information content (AvgIpc) is 2.80. The van der Waals surface area contributed by atoms with Crippen LogP contribution in [0.2, 0.25) is 0 Å². The van der Waals surface area contributed by atoms with Crippen molar-refractivity contribution in [3.63, 3.8) is 0 Å². The highest BCUT2D eigenvalue weighted by Gasteiger charge is 2.23. The van der Waals surface area contributed by atoms with Gasteiger partial charge < -0.3 is 5.32 Å². The minimum absolute atomic E-state index is 0.227. The Morgan fingerprint density at radius 1 is 1.35 bits per heavy atom. The van der Waals surface area contributed by atoms with Crippen LogP contribution in [0, 0.1) is 5.82 Å². The van der Waals surface area contributed by atoms with E-state index in [9.17, 15) is 4.39 Å². The molecule has 0 radical (unpaired) electrons. The summed E-state index contributed by atoms with van der Waals surface area (Å²) in [5, 5.41) is 7.64. The Bertz CT molecular complexity index is 598. The van der Waals surface area contributed by atoms with Crippen LogP contribution in [-0.4, -0.2) is 16.3 Å². The minimum Gasteiger partial charge on any atom is -0.305 e. The summed E-state index contributed by atoms with van der Waals surface area (Å²) < 4.78 is 17.8. The number of aromatic nitrogens is 2. The molecule has 0 spiro atoms. The van der Waals surface area contributed by atoms with Crippen molar-refractivity contribution in [3.8, 4) is 0 Å². The quantitative estimate of drug-likeness (QED) is 0.806. The van der Waals surface area contributed by atoms with E-state index in [0.29, 0.717) is 5.56 Å². The Hall–Kier alpha value is -0.720. The fraction of sp³-hybridized carbons (Fsp3) is 0.357. The molecule has 0 bridgehead atoms. The first-order valence-electron chi connectivity index (χ1n) is 6.48. The molecule has 1 aromatic heterocycles. The zero-order valence-electron chi connectivity index (χ0n) is 11.3. The van der Waals surface area contributed by atoms with Crippen LogP contribution in [0.25, 0.3) is 0 Å². The van der Waals surface area contributed by atoms with E-state index in [1.54, 1.807) is 12.3 Å². The van der Waals surface area contributed by atoms with Crippen LogP contribution in [-0.2, 0) is 6.54 Å².